The second-order valence-electron chi connectivity index (χ2n) is 8.25. The molecule has 0 saturated heterocycles. The quantitative estimate of drug-likeness (QED) is 0.389. The average molecular weight is 456 g/mol. The summed E-state index contributed by atoms with van der Waals surface area (Å²) in [5.41, 5.74) is 5.55. The molecule has 8 nitrogen and oxygen atoms in total. The van der Waals surface area contributed by atoms with Gasteiger partial charge in [-0.3, -0.25) is 4.40 Å². The molecule has 1 aromatic carbocycles. The van der Waals surface area contributed by atoms with Crippen molar-refractivity contribution in [2.75, 3.05) is 6.61 Å². The van der Waals surface area contributed by atoms with Gasteiger partial charge in [0.25, 0.3) is 0 Å². The minimum atomic E-state index is -0.212. The van der Waals surface area contributed by atoms with Crippen LogP contribution in [0.2, 0.25) is 0 Å². The third kappa shape index (κ3) is 3.32. The highest BCUT2D eigenvalue weighted by atomic mass is 19.1. The Kier molecular flexibility index (Phi) is 4.83. The monoisotopic (exact) mass is 456 g/mol. The number of oxazole rings is 1. The molecule has 0 aliphatic carbocycles. The van der Waals surface area contributed by atoms with Gasteiger partial charge in [0.15, 0.2) is 5.69 Å². The van der Waals surface area contributed by atoms with Crippen molar-refractivity contribution in [2.45, 2.75) is 33.1 Å². The largest absolute Gasteiger partial charge is 0.493 e. The van der Waals surface area contributed by atoms with Crippen LogP contribution in [0.15, 0.2) is 47.7 Å². The van der Waals surface area contributed by atoms with Crippen molar-refractivity contribution in [1.82, 2.24) is 29.3 Å². The van der Waals surface area contributed by atoms with Gasteiger partial charge >= 0.3 is 0 Å². The molecule has 5 heterocycles. The van der Waals surface area contributed by atoms with Crippen molar-refractivity contribution in [3.8, 4) is 28.5 Å². The molecule has 0 unspecified atom stereocenters. The van der Waals surface area contributed by atoms with E-state index in [-0.39, 0.29) is 5.82 Å². The third-order valence-electron chi connectivity index (χ3n) is 6.21. The molecule has 0 N–H and O–H groups in total. The van der Waals surface area contributed by atoms with Gasteiger partial charge in [-0.2, -0.15) is 0 Å². The van der Waals surface area contributed by atoms with Crippen molar-refractivity contribution in [3.63, 3.8) is 0 Å². The van der Waals surface area contributed by atoms with Crippen LogP contribution in [0.4, 0.5) is 4.39 Å². The van der Waals surface area contributed by atoms with Gasteiger partial charge in [0.2, 0.25) is 5.89 Å². The first-order valence-electron chi connectivity index (χ1n) is 11.1. The number of imidazole rings is 1. The van der Waals surface area contributed by atoms with Crippen molar-refractivity contribution in [2.24, 2.45) is 0 Å². The molecule has 9 heteroatoms. The first-order chi connectivity index (χ1) is 16.6. The second-order valence-corrected chi connectivity index (χ2v) is 8.25. The van der Waals surface area contributed by atoms with Gasteiger partial charge < -0.3 is 9.15 Å². The highest BCUT2D eigenvalue weighted by Crippen LogP contribution is 2.34. The zero-order chi connectivity index (χ0) is 23.2. The van der Waals surface area contributed by atoms with E-state index in [1.54, 1.807) is 31.0 Å². The molecular formula is C25H21FN6O2. The fourth-order valence-electron chi connectivity index (χ4n) is 4.61. The first-order valence-corrected chi connectivity index (χ1v) is 11.1. The minimum Gasteiger partial charge on any atom is -0.493 e. The lowest BCUT2D eigenvalue weighted by atomic mass is 9.99. The van der Waals surface area contributed by atoms with Gasteiger partial charge in [-0.15, -0.1) is 0 Å². The smallest absolute Gasteiger partial charge is 0.247 e. The fraction of sp³-hybridized carbons (Fsp3) is 0.240. The summed E-state index contributed by atoms with van der Waals surface area (Å²) >= 11 is 0. The Balaban J connectivity index is 1.47. The third-order valence-corrected chi connectivity index (χ3v) is 6.21. The van der Waals surface area contributed by atoms with Crippen LogP contribution in [0.5, 0.6) is 5.75 Å². The van der Waals surface area contributed by atoms with E-state index in [1.807, 2.05) is 18.2 Å². The van der Waals surface area contributed by atoms with Crippen LogP contribution >= 0.6 is 0 Å². The molecule has 0 amide bonds. The summed E-state index contributed by atoms with van der Waals surface area (Å²) in [6.07, 6.45) is 10.1. The number of ether oxygens (including phenoxy) is 1. The van der Waals surface area contributed by atoms with E-state index in [9.17, 15) is 4.39 Å². The Morgan fingerprint density at radius 3 is 2.74 bits per heavy atom. The number of hydrogen-bond donors (Lipinski definition) is 0. The van der Waals surface area contributed by atoms with Crippen molar-refractivity contribution < 1.29 is 13.5 Å². The number of hydrogen-bond acceptors (Lipinski definition) is 7. The molecule has 0 radical (unpaired) electrons. The van der Waals surface area contributed by atoms with E-state index in [2.05, 4.69) is 19.9 Å². The van der Waals surface area contributed by atoms with Crippen LogP contribution in [0.3, 0.4) is 0 Å². The summed E-state index contributed by atoms with van der Waals surface area (Å²) in [7, 11) is 0. The molecule has 1 aliphatic heterocycles. The lowest BCUT2D eigenvalue weighted by Gasteiger charge is -2.13. The van der Waals surface area contributed by atoms with Crippen molar-refractivity contribution in [1.29, 1.82) is 0 Å². The zero-order valence-electron chi connectivity index (χ0n) is 18.7. The number of aryl methyl sites for hydroxylation is 3. The van der Waals surface area contributed by atoms with Gasteiger partial charge in [0, 0.05) is 47.6 Å². The minimum absolute atomic E-state index is 0.212. The molecule has 1 aliphatic rings. The fourth-order valence-corrected chi connectivity index (χ4v) is 4.61. The lowest BCUT2D eigenvalue weighted by molar-refractivity contribution is 0.356. The molecule has 5 aromatic rings. The normalized spacial score (nSPS) is 12.8. The van der Waals surface area contributed by atoms with E-state index in [4.69, 9.17) is 14.1 Å². The number of halogens is 1. The number of fused-ring (bicyclic) bond motifs is 2. The SMILES string of the molecule is Cc1ncc(-c2cnc(CCc3c(F)ccc4c3CCO4)n3cnc(-c4ncco4)c23)c(C)n1. The predicted octanol–water partition coefficient (Wildman–Crippen LogP) is 4.32. The lowest BCUT2D eigenvalue weighted by Crippen LogP contribution is -2.06. The number of benzene rings is 1. The molecule has 34 heavy (non-hydrogen) atoms. The topological polar surface area (TPSA) is 91.2 Å². The Labute approximate surface area is 194 Å². The molecule has 0 bridgehead atoms. The molecule has 0 fully saturated rings. The molecule has 0 atom stereocenters. The summed E-state index contributed by atoms with van der Waals surface area (Å²) in [6, 6.07) is 3.18. The Morgan fingerprint density at radius 2 is 1.91 bits per heavy atom. The van der Waals surface area contributed by atoms with E-state index < -0.39 is 0 Å². The van der Waals surface area contributed by atoms with Crippen LogP contribution in [0, 0.1) is 19.7 Å². The number of rotatable bonds is 5. The van der Waals surface area contributed by atoms with E-state index in [1.165, 1.54) is 12.3 Å². The van der Waals surface area contributed by atoms with Crippen LogP contribution < -0.4 is 4.74 Å². The van der Waals surface area contributed by atoms with Crippen LogP contribution in [-0.2, 0) is 19.3 Å². The highest BCUT2D eigenvalue weighted by molar-refractivity contribution is 5.89. The van der Waals surface area contributed by atoms with E-state index >= 15 is 0 Å². The van der Waals surface area contributed by atoms with Crippen molar-refractivity contribution in [3.05, 3.63) is 77.6 Å². The van der Waals surface area contributed by atoms with Crippen LogP contribution in [0.1, 0.15) is 28.5 Å². The number of nitrogens with zero attached hydrogens (tertiary/aromatic N) is 6. The molecule has 4 aromatic heterocycles. The standard InChI is InChI=1S/C25H21FN6O2/c1-14-18(11-28-15(2)31-14)19-12-29-22(32-13-30-23(24(19)32)25-27-8-10-34-25)6-3-16-17-7-9-33-21(17)5-4-20(16)26/h4-5,8,10-13H,3,6-7,9H2,1-2H3. The average Bonchev–Trinajstić information content (AvgIpc) is 3.58. The van der Waals surface area contributed by atoms with Gasteiger partial charge in [-0.1, -0.05) is 0 Å². The van der Waals surface area contributed by atoms with Gasteiger partial charge in [0.1, 0.15) is 35.8 Å². The number of aromatic nitrogens is 6. The summed E-state index contributed by atoms with van der Waals surface area (Å²) in [5.74, 6) is 2.43. The van der Waals surface area contributed by atoms with Crippen LogP contribution in [0.25, 0.3) is 28.2 Å². The predicted molar refractivity (Wildman–Crippen MR) is 122 cm³/mol. The molecule has 0 saturated carbocycles. The van der Waals surface area contributed by atoms with E-state index in [0.717, 1.165) is 45.9 Å². The summed E-state index contributed by atoms with van der Waals surface area (Å²) in [5, 5.41) is 0. The first kappa shape index (κ1) is 20.5. The van der Waals surface area contributed by atoms with Crippen molar-refractivity contribution >= 4 is 5.52 Å². The summed E-state index contributed by atoms with van der Waals surface area (Å²) in [6.45, 7) is 4.38. The summed E-state index contributed by atoms with van der Waals surface area (Å²) in [4.78, 5) is 22.5. The molecule has 170 valence electrons. The summed E-state index contributed by atoms with van der Waals surface area (Å²) < 4.78 is 27.8. The molecular weight excluding hydrogens is 435 g/mol. The Hall–Kier alpha value is -4.14. The zero-order valence-corrected chi connectivity index (χ0v) is 18.7. The van der Waals surface area contributed by atoms with Gasteiger partial charge in [-0.25, -0.2) is 29.3 Å². The Bertz CT molecular complexity index is 1530. The molecule has 6 rings (SSSR count). The van der Waals surface area contributed by atoms with E-state index in [0.29, 0.717) is 42.4 Å². The maximum atomic E-state index is 14.7. The Morgan fingerprint density at radius 1 is 1.03 bits per heavy atom. The highest BCUT2D eigenvalue weighted by Gasteiger charge is 2.22. The van der Waals surface area contributed by atoms with Gasteiger partial charge in [-0.05, 0) is 38.0 Å². The maximum absolute atomic E-state index is 14.7. The molecule has 0 spiro atoms. The van der Waals surface area contributed by atoms with Crippen LogP contribution in [-0.4, -0.2) is 35.9 Å². The van der Waals surface area contributed by atoms with Gasteiger partial charge in [0.05, 0.1) is 18.3 Å². The second kappa shape index (κ2) is 8.02. The maximum Gasteiger partial charge on any atom is 0.247 e.